The third-order valence-electron chi connectivity index (χ3n) is 5.26. The van der Waals surface area contributed by atoms with Crippen molar-refractivity contribution in [1.82, 2.24) is 4.90 Å². The number of ketones is 1. The van der Waals surface area contributed by atoms with E-state index < -0.39 is 24.0 Å². The summed E-state index contributed by atoms with van der Waals surface area (Å²) in [5.74, 6) is -1.07. The number of nitrogens with zero attached hydrogens (tertiary/aromatic N) is 1. The number of esters is 1. The van der Waals surface area contributed by atoms with Crippen LogP contribution in [0.5, 0.6) is 0 Å². The van der Waals surface area contributed by atoms with E-state index in [1.54, 1.807) is 61.6 Å². The van der Waals surface area contributed by atoms with Gasteiger partial charge in [-0.15, -0.1) is 0 Å². The van der Waals surface area contributed by atoms with Crippen LogP contribution in [0.4, 0.5) is 0 Å². The SMILES string of the molecule is CN(C(=O)COC(=O)c1ccccc1)C1(c2ccccc2Cl)CCCCC1=O. The molecule has 0 saturated heterocycles. The van der Waals surface area contributed by atoms with Crippen molar-refractivity contribution in [1.29, 1.82) is 0 Å². The van der Waals surface area contributed by atoms with Gasteiger partial charge < -0.3 is 9.64 Å². The minimum Gasteiger partial charge on any atom is -0.452 e. The highest BCUT2D eigenvalue weighted by Gasteiger charge is 2.47. The van der Waals surface area contributed by atoms with E-state index in [1.165, 1.54) is 4.90 Å². The number of hydrogen-bond acceptors (Lipinski definition) is 4. The first-order valence-corrected chi connectivity index (χ1v) is 9.62. The number of carbonyl (C=O) groups excluding carboxylic acids is 3. The van der Waals surface area contributed by atoms with Crippen molar-refractivity contribution in [2.24, 2.45) is 0 Å². The number of benzene rings is 2. The fourth-order valence-electron chi connectivity index (χ4n) is 3.72. The molecular weight excluding hydrogens is 378 g/mol. The van der Waals surface area contributed by atoms with Crippen LogP contribution in [0.2, 0.25) is 5.02 Å². The van der Waals surface area contributed by atoms with Crippen molar-refractivity contribution in [2.75, 3.05) is 13.7 Å². The fraction of sp³-hybridized carbons (Fsp3) is 0.318. The van der Waals surface area contributed by atoms with Crippen LogP contribution in [0.1, 0.15) is 41.6 Å². The van der Waals surface area contributed by atoms with Crippen molar-refractivity contribution in [3.05, 3.63) is 70.7 Å². The molecule has 1 fully saturated rings. The van der Waals surface area contributed by atoms with Crippen molar-refractivity contribution in [2.45, 2.75) is 31.2 Å². The van der Waals surface area contributed by atoms with Gasteiger partial charge in [0, 0.05) is 24.1 Å². The second kappa shape index (κ2) is 8.57. The van der Waals surface area contributed by atoms with E-state index >= 15 is 0 Å². The molecule has 28 heavy (non-hydrogen) atoms. The Kier molecular flexibility index (Phi) is 6.15. The number of hydrogen-bond donors (Lipinski definition) is 0. The summed E-state index contributed by atoms with van der Waals surface area (Å²) in [4.78, 5) is 39.4. The Morgan fingerprint density at radius 1 is 1.07 bits per heavy atom. The highest BCUT2D eigenvalue weighted by Crippen LogP contribution is 2.42. The van der Waals surface area contributed by atoms with Crippen LogP contribution in [0.25, 0.3) is 0 Å². The van der Waals surface area contributed by atoms with Gasteiger partial charge in [0.05, 0.1) is 5.56 Å². The van der Waals surface area contributed by atoms with Crippen LogP contribution in [-0.4, -0.2) is 36.2 Å². The van der Waals surface area contributed by atoms with Gasteiger partial charge in [0.2, 0.25) is 0 Å². The van der Waals surface area contributed by atoms with Gasteiger partial charge in [-0.2, -0.15) is 0 Å². The maximum Gasteiger partial charge on any atom is 0.338 e. The predicted octanol–water partition coefficient (Wildman–Crippen LogP) is 3.99. The molecule has 0 radical (unpaired) electrons. The van der Waals surface area contributed by atoms with Gasteiger partial charge in [0.1, 0.15) is 5.54 Å². The summed E-state index contributed by atoms with van der Waals surface area (Å²) in [6.07, 6.45) is 2.46. The molecule has 1 aliphatic rings. The van der Waals surface area contributed by atoms with Crippen LogP contribution in [0.3, 0.4) is 0 Å². The van der Waals surface area contributed by atoms with Crippen LogP contribution in [0, 0.1) is 0 Å². The summed E-state index contributed by atoms with van der Waals surface area (Å²) < 4.78 is 5.17. The second-order valence-electron chi connectivity index (χ2n) is 6.87. The van der Waals surface area contributed by atoms with Crippen molar-refractivity contribution < 1.29 is 19.1 Å². The standard InChI is InChI=1S/C22H22ClNO4/c1-24(20(26)15-28-21(27)16-9-3-2-4-10-16)22(14-8-7-13-19(22)25)17-11-5-6-12-18(17)23/h2-6,9-12H,7-8,13-15H2,1H3. The summed E-state index contributed by atoms with van der Waals surface area (Å²) in [5.41, 5.74) is -0.147. The Bertz CT molecular complexity index is 883. The van der Waals surface area contributed by atoms with Gasteiger partial charge in [-0.25, -0.2) is 4.79 Å². The average Bonchev–Trinajstić information content (AvgIpc) is 2.73. The van der Waals surface area contributed by atoms with Crippen LogP contribution in [0.15, 0.2) is 54.6 Å². The van der Waals surface area contributed by atoms with Crippen molar-refractivity contribution in [3.8, 4) is 0 Å². The number of likely N-dealkylation sites (N-methyl/N-ethyl adjacent to an activating group) is 1. The van der Waals surface area contributed by atoms with Gasteiger partial charge in [-0.1, -0.05) is 48.0 Å². The highest BCUT2D eigenvalue weighted by molar-refractivity contribution is 6.31. The summed E-state index contributed by atoms with van der Waals surface area (Å²) >= 11 is 6.39. The molecule has 1 aliphatic carbocycles. The van der Waals surface area contributed by atoms with Crippen LogP contribution >= 0.6 is 11.6 Å². The minimum atomic E-state index is -1.13. The molecule has 3 rings (SSSR count). The topological polar surface area (TPSA) is 63.7 Å². The molecule has 0 spiro atoms. The smallest absolute Gasteiger partial charge is 0.338 e. The lowest BCUT2D eigenvalue weighted by molar-refractivity contribution is -0.150. The average molecular weight is 400 g/mol. The Balaban J connectivity index is 1.82. The van der Waals surface area contributed by atoms with Crippen molar-refractivity contribution >= 4 is 29.3 Å². The quantitative estimate of drug-likeness (QED) is 0.713. The molecule has 0 heterocycles. The predicted molar refractivity (Wildman–Crippen MR) is 106 cm³/mol. The zero-order valence-corrected chi connectivity index (χ0v) is 16.4. The molecule has 0 aromatic heterocycles. The van der Waals surface area contributed by atoms with Crippen LogP contribution in [-0.2, 0) is 19.9 Å². The third kappa shape index (κ3) is 3.80. The largest absolute Gasteiger partial charge is 0.452 e. The van der Waals surface area contributed by atoms with Gasteiger partial charge in [0.25, 0.3) is 5.91 Å². The molecular formula is C22H22ClNO4. The zero-order chi connectivity index (χ0) is 20.1. The monoisotopic (exact) mass is 399 g/mol. The first kappa shape index (κ1) is 20.1. The molecule has 2 aromatic rings. The molecule has 1 atom stereocenters. The van der Waals surface area contributed by atoms with E-state index in [2.05, 4.69) is 0 Å². The maximum absolute atomic E-state index is 13.0. The highest BCUT2D eigenvalue weighted by atomic mass is 35.5. The second-order valence-corrected chi connectivity index (χ2v) is 7.27. The Labute approximate surface area is 169 Å². The number of carbonyl (C=O) groups is 3. The third-order valence-corrected chi connectivity index (χ3v) is 5.59. The van der Waals surface area contributed by atoms with Gasteiger partial charge >= 0.3 is 5.97 Å². The molecule has 0 N–H and O–H groups in total. The van der Waals surface area contributed by atoms with Gasteiger partial charge in [0.15, 0.2) is 12.4 Å². The van der Waals surface area contributed by atoms with E-state index in [9.17, 15) is 14.4 Å². The molecule has 0 aliphatic heterocycles. The van der Waals surface area contributed by atoms with Crippen molar-refractivity contribution in [3.63, 3.8) is 0 Å². The van der Waals surface area contributed by atoms with E-state index in [0.29, 0.717) is 29.0 Å². The lowest BCUT2D eigenvalue weighted by atomic mass is 9.74. The Hall–Kier alpha value is -2.66. The molecule has 6 heteroatoms. The molecule has 0 bridgehead atoms. The summed E-state index contributed by atoms with van der Waals surface area (Å²) in [6.45, 7) is -0.441. The Morgan fingerprint density at radius 3 is 2.43 bits per heavy atom. The van der Waals surface area contributed by atoms with E-state index in [1.807, 2.05) is 0 Å². The molecule has 1 amide bonds. The van der Waals surface area contributed by atoms with Gasteiger partial charge in [-0.05, 0) is 37.5 Å². The Morgan fingerprint density at radius 2 is 1.75 bits per heavy atom. The minimum absolute atomic E-state index is 0.0444. The van der Waals surface area contributed by atoms with Gasteiger partial charge in [-0.3, -0.25) is 9.59 Å². The molecule has 5 nitrogen and oxygen atoms in total. The first-order chi connectivity index (χ1) is 13.5. The summed E-state index contributed by atoms with van der Waals surface area (Å²) in [6, 6.07) is 15.6. The summed E-state index contributed by atoms with van der Waals surface area (Å²) in [5, 5.41) is 0.443. The first-order valence-electron chi connectivity index (χ1n) is 9.24. The maximum atomic E-state index is 13.0. The number of halogens is 1. The van der Waals surface area contributed by atoms with E-state index in [-0.39, 0.29) is 5.78 Å². The fourth-order valence-corrected chi connectivity index (χ4v) is 4.02. The van der Waals surface area contributed by atoms with E-state index in [0.717, 1.165) is 12.8 Å². The number of Topliss-reactive ketones (excluding diaryl/α,β-unsaturated/α-hetero) is 1. The number of ether oxygens (including phenoxy) is 1. The normalized spacial score (nSPS) is 19.1. The number of rotatable bonds is 5. The number of amides is 1. The summed E-state index contributed by atoms with van der Waals surface area (Å²) in [7, 11) is 1.57. The lowest BCUT2D eigenvalue weighted by Crippen LogP contribution is -2.55. The lowest BCUT2D eigenvalue weighted by Gasteiger charge is -2.43. The zero-order valence-electron chi connectivity index (χ0n) is 15.7. The molecule has 1 unspecified atom stereocenters. The molecule has 1 saturated carbocycles. The van der Waals surface area contributed by atoms with Crippen LogP contribution < -0.4 is 0 Å². The molecule has 146 valence electrons. The van der Waals surface area contributed by atoms with E-state index in [4.69, 9.17) is 16.3 Å². The molecule has 2 aromatic carbocycles.